The Bertz CT molecular complexity index is 675. The van der Waals surface area contributed by atoms with Crippen LogP contribution in [0.1, 0.15) is 20.3 Å². The number of morpholine rings is 1. The molecular formula is C16H20ClN3O2. The average Bonchev–Trinajstić information content (AvgIpc) is 2.86. The third kappa shape index (κ3) is 3.25. The molecule has 1 aromatic heterocycles. The van der Waals surface area contributed by atoms with Gasteiger partial charge in [-0.05, 0) is 32.0 Å². The minimum Gasteiger partial charge on any atom is -0.372 e. The number of rotatable bonds is 3. The lowest BCUT2D eigenvalue weighted by Gasteiger charge is -2.35. The molecule has 0 spiro atoms. The molecule has 6 heteroatoms. The molecule has 1 aliphatic heterocycles. The van der Waals surface area contributed by atoms with E-state index in [9.17, 15) is 4.79 Å². The second-order valence-electron chi connectivity index (χ2n) is 5.88. The van der Waals surface area contributed by atoms with E-state index in [0.717, 1.165) is 10.9 Å². The molecule has 1 aromatic carbocycles. The summed E-state index contributed by atoms with van der Waals surface area (Å²) in [6.45, 7) is 5.88. The summed E-state index contributed by atoms with van der Waals surface area (Å²) < 4.78 is 7.50. The Balaban J connectivity index is 1.66. The van der Waals surface area contributed by atoms with E-state index in [0.29, 0.717) is 31.1 Å². The van der Waals surface area contributed by atoms with Crippen molar-refractivity contribution in [3.8, 4) is 0 Å². The largest absolute Gasteiger partial charge is 0.372 e. The molecular weight excluding hydrogens is 302 g/mol. The van der Waals surface area contributed by atoms with Crippen LogP contribution in [0.2, 0.25) is 5.02 Å². The summed E-state index contributed by atoms with van der Waals surface area (Å²) in [5.74, 6) is 0.146. The number of nitrogens with zero attached hydrogens (tertiary/aromatic N) is 3. The Kier molecular flexibility index (Phi) is 4.36. The summed E-state index contributed by atoms with van der Waals surface area (Å²) >= 11 is 6.03. The zero-order valence-corrected chi connectivity index (χ0v) is 13.6. The van der Waals surface area contributed by atoms with Crippen LogP contribution in [0.25, 0.3) is 10.9 Å². The maximum Gasteiger partial charge on any atom is 0.224 e. The topological polar surface area (TPSA) is 47.4 Å². The lowest BCUT2D eigenvalue weighted by molar-refractivity contribution is -0.143. The highest BCUT2D eigenvalue weighted by molar-refractivity contribution is 6.31. The zero-order valence-electron chi connectivity index (χ0n) is 12.8. The molecule has 22 heavy (non-hydrogen) atoms. The number of aromatic nitrogens is 2. The van der Waals surface area contributed by atoms with E-state index >= 15 is 0 Å². The number of carbonyl (C=O) groups is 1. The fourth-order valence-corrected chi connectivity index (χ4v) is 3.13. The van der Waals surface area contributed by atoms with E-state index < -0.39 is 0 Å². The van der Waals surface area contributed by atoms with Gasteiger partial charge in [0.15, 0.2) is 0 Å². The van der Waals surface area contributed by atoms with E-state index in [1.165, 1.54) is 0 Å². The Morgan fingerprint density at radius 2 is 2.09 bits per heavy atom. The second-order valence-corrected chi connectivity index (χ2v) is 6.31. The third-order valence-electron chi connectivity index (χ3n) is 3.92. The van der Waals surface area contributed by atoms with Gasteiger partial charge in [-0.25, -0.2) is 0 Å². The van der Waals surface area contributed by atoms with Crippen LogP contribution >= 0.6 is 11.6 Å². The summed E-state index contributed by atoms with van der Waals surface area (Å²) in [5.41, 5.74) is 0.962. The maximum absolute atomic E-state index is 12.4. The van der Waals surface area contributed by atoms with Crippen molar-refractivity contribution in [3.05, 3.63) is 29.4 Å². The first-order chi connectivity index (χ1) is 10.5. The molecule has 2 atom stereocenters. The van der Waals surface area contributed by atoms with Gasteiger partial charge in [0.05, 0.1) is 30.5 Å². The predicted octanol–water partition coefficient (Wildman–Crippen LogP) is 2.72. The number of carbonyl (C=O) groups excluding carboxylic acids is 1. The van der Waals surface area contributed by atoms with Gasteiger partial charge < -0.3 is 9.64 Å². The van der Waals surface area contributed by atoms with Crippen molar-refractivity contribution in [3.63, 3.8) is 0 Å². The van der Waals surface area contributed by atoms with Gasteiger partial charge in [-0.3, -0.25) is 9.48 Å². The number of aryl methyl sites for hydroxylation is 1. The van der Waals surface area contributed by atoms with Gasteiger partial charge in [0.2, 0.25) is 5.91 Å². The molecule has 0 radical (unpaired) electrons. The lowest BCUT2D eigenvalue weighted by Crippen LogP contribution is -2.48. The Labute approximate surface area is 134 Å². The molecule has 1 aliphatic rings. The maximum atomic E-state index is 12.4. The Hall–Kier alpha value is -1.59. The molecule has 2 unspecified atom stereocenters. The van der Waals surface area contributed by atoms with Crippen molar-refractivity contribution in [2.24, 2.45) is 0 Å². The monoisotopic (exact) mass is 321 g/mol. The van der Waals surface area contributed by atoms with Crippen LogP contribution in [0.4, 0.5) is 0 Å². The molecule has 2 aromatic rings. The number of fused-ring (bicyclic) bond motifs is 1. The fraction of sp³-hybridized carbons (Fsp3) is 0.500. The molecule has 1 saturated heterocycles. The van der Waals surface area contributed by atoms with Crippen LogP contribution < -0.4 is 0 Å². The van der Waals surface area contributed by atoms with E-state index in [1.54, 1.807) is 6.20 Å². The van der Waals surface area contributed by atoms with Gasteiger partial charge in [-0.15, -0.1) is 0 Å². The molecule has 0 aliphatic carbocycles. The summed E-state index contributed by atoms with van der Waals surface area (Å²) in [6.07, 6.45) is 2.42. The van der Waals surface area contributed by atoms with Crippen molar-refractivity contribution in [1.29, 1.82) is 0 Å². The highest BCUT2D eigenvalue weighted by Gasteiger charge is 2.25. The number of amides is 1. The third-order valence-corrected chi connectivity index (χ3v) is 4.15. The van der Waals surface area contributed by atoms with Crippen LogP contribution in [0.15, 0.2) is 24.4 Å². The van der Waals surface area contributed by atoms with Crippen LogP contribution in [-0.4, -0.2) is 45.9 Å². The number of hydrogen-bond acceptors (Lipinski definition) is 3. The molecule has 0 bridgehead atoms. The van der Waals surface area contributed by atoms with Crippen LogP contribution in [0.5, 0.6) is 0 Å². The van der Waals surface area contributed by atoms with Crippen molar-refractivity contribution in [2.45, 2.75) is 39.0 Å². The van der Waals surface area contributed by atoms with Crippen LogP contribution in [-0.2, 0) is 16.1 Å². The highest BCUT2D eigenvalue weighted by atomic mass is 35.5. The molecule has 1 amide bonds. The van der Waals surface area contributed by atoms with E-state index in [4.69, 9.17) is 16.3 Å². The Morgan fingerprint density at radius 3 is 2.82 bits per heavy atom. The number of benzene rings is 1. The highest BCUT2D eigenvalue weighted by Crippen LogP contribution is 2.19. The van der Waals surface area contributed by atoms with Gasteiger partial charge in [0.1, 0.15) is 0 Å². The summed E-state index contributed by atoms with van der Waals surface area (Å²) in [5, 5.41) is 6.06. The average molecular weight is 322 g/mol. The SMILES string of the molecule is CC1CN(C(=O)CCn2ncc3ccc(Cl)cc32)CC(C)O1. The molecule has 1 fully saturated rings. The van der Waals surface area contributed by atoms with Crippen LogP contribution in [0.3, 0.4) is 0 Å². The van der Waals surface area contributed by atoms with E-state index in [-0.39, 0.29) is 18.1 Å². The molecule has 0 N–H and O–H groups in total. The molecule has 118 valence electrons. The molecule has 3 rings (SSSR count). The number of ether oxygens (including phenoxy) is 1. The summed E-state index contributed by atoms with van der Waals surface area (Å²) in [7, 11) is 0. The molecule has 2 heterocycles. The fourth-order valence-electron chi connectivity index (χ4n) is 2.96. The van der Waals surface area contributed by atoms with Gasteiger partial charge in [0.25, 0.3) is 0 Å². The number of halogens is 1. The molecule has 0 saturated carbocycles. The first-order valence-electron chi connectivity index (χ1n) is 7.57. The molecule has 5 nitrogen and oxygen atoms in total. The van der Waals surface area contributed by atoms with Gasteiger partial charge >= 0.3 is 0 Å². The van der Waals surface area contributed by atoms with Gasteiger partial charge in [-0.1, -0.05) is 11.6 Å². The second kappa shape index (κ2) is 6.26. The quantitative estimate of drug-likeness (QED) is 0.873. The number of hydrogen-bond donors (Lipinski definition) is 0. The first kappa shape index (κ1) is 15.3. The summed E-state index contributed by atoms with van der Waals surface area (Å²) in [4.78, 5) is 14.3. The van der Waals surface area contributed by atoms with Gasteiger partial charge in [0, 0.05) is 29.9 Å². The van der Waals surface area contributed by atoms with E-state index in [1.807, 2.05) is 41.6 Å². The smallest absolute Gasteiger partial charge is 0.224 e. The zero-order chi connectivity index (χ0) is 15.7. The van der Waals surface area contributed by atoms with Crippen molar-refractivity contribution in [1.82, 2.24) is 14.7 Å². The predicted molar refractivity (Wildman–Crippen MR) is 85.9 cm³/mol. The Morgan fingerprint density at radius 1 is 1.36 bits per heavy atom. The first-order valence-corrected chi connectivity index (χ1v) is 7.95. The van der Waals surface area contributed by atoms with Crippen LogP contribution in [0, 0.1) is 0 Å². The van der Waals surface area contributed by atoms with Crippen molar-refractivity contribution in [2.75, 3.05) is 13.1 Å². The normalized spacial score (nSPS) is 22.2. The summed E-state index contributed by atoms with van der Waals surface area (Å²) in [6, 6.07) is 5.67. The van der Waals surface area contributed by atoms with Crippen molar-refractivity contribution < 1.29 is 9.53 Å². The van der Waals surface area contributed by atoms with Gasteiger partial charge in [-0.2, -0.15) is 5.10 Å². The minimum absolute atomic E-state index is 0.0945. The lowest BCUT2D eigenvalue weighted by atomic mass is 10.2. The minimum atomic E-state index is 0.0945. The standard InChI is InChI=1S/C16H20ClN3O2/c1-11-9-19(10-12(2)22-11)16(21)5-6-20-15-7-14(17)4-3-13(15)8-18-20/h3-4,7-8,11-12H,5-6,9-10H2,1-2H3. The van der Waals surface area contributed by atoms with Crippen molar-refractivity contribution >= 4 is 28.4 Å². The van der Waals surface area contributed by atoms with E-state index in [2.05, 4.69) is 5.10 Å².